The summed E-state index contributed by atoms with van der Waals surface area (Å²) in [6.07, 6.45) is 3.10. The Morgan fingerprint density at radius 2 is 2.32 bits per heavy atom. The first-order valence-corrected chi connectivity index (χ1v) is 7.94. The largest absolute Gasteiger partial charge is 0.397 e. The molecule has 0 amide bonds. The third-order valence-corrected chi connectivity index (χ3v) is 5.49. The lowest BCUT2D eigenvalue weighted by Crippen LogP contribution is -2.13. The molecular formula is C14H15BrN2OS. The molecule has 1 saturated heterocycles. The van der Waals surface area contributed by atoms with E-state index in [9.17, 15) is 0 Å². The first kappa shape index (κ1) is 13.2. The second-order valence-corrected chi connectivity index (χ2v) is 6.89. The summed E-state index contributed by atoms with van der Waals surface area (Å²) in [5.74, 6) is 0. The molecule has 1 aliphatic heterocycles. The highest BCUT2D eigenvalue weighted by Gasteiger charge is 2.26. The molecule has 0 bridgehead atoms. The number of anilines is 1. The molecule has 2 heterocycles. The van der Waals surface area contributed by atoms with Crippen molar-refractivity contribution in [2.75, 3.05) is 12.3 Å². The summed E-state index contributed by atoms with van der Waals surface area (Å²) in [6.45, 7) is 2.96. The molecule has 1 aromatic carbocycles. The first-order chi connectivity index (χ1) is 9.15. The van der Waals surface area contributed by atoms with E-state index >= 15 is 0 Å². The second kappa shape index (κ2) is 5.31. The Balaban J connectivity index is 2.05. The number of halogens is 1. The summed E-state index contributed by atoms with van der Waals surface area (Å²) in [4.78, 5) is 5.50. The van der Waals surface area contributed by atoms with Crippen LogP contribution in [0.5, 0.6) is 0 Å². The van der Waals surface area contributed by atoms with Crippen LogP contribution < -0.4 is 5.73 Å². The van der Waals surface area contributed by atoms with Gasteiger partial charge in [-0.15, -0.1) is 11.8 Å². The van der Waals surface area contributed by atoms with Crippen LogP contribution in [0.3, 0.4) is 0 Å². The van der Waals surface area contributed by atoms with Crippen LogP contribution in [-0.2, 0) is 4.74 Å². The lowest BCUT2D eigenvalue weighted by Gasteiger charge is -2.16. The maximum absolute atomic E-state index is 6.12. The van der Waals surface area contributed by atoms with E-state index < -0.39 is 0 Å². The highest BCUT2D eigenvalue weighted by Crippen LogP contribution is 2.39. The lowest BCUT2D eigenvalue weighted by molar-refractivity contribution is 0.127. The number of thioether (sulfide) groups is 1. The lowest BCUT2D eigenvalue weighted by atomic mass is 10.2. The first-order valence-electron chi connectivity index (χ1n) is 6.27. The molecule has 3 nitrogen and oxygen atoms in total. The van der Waals surface area contributed by atoms with Gasteiger partial charge in [-0.3, -0.25) is 4.98 Å². The van der Waals surface area contributed by atoms with Gasteiger partial charge in [0.1, 0.15) is 0 Å². The Labute approximate surface area is 125 Å². The van der Waals surface area contributed by atoms with Crippen molar-refractivity contribution < 1.29 is 4.74 Å². The van der Waals surface area contributed by atoms with Gasteiger partial charge < -0.3 is 10.5 Å². The van der Waals surface area contributed by atoms with Crippen LogP contribution in [0.25, 0.3) is 10.9 Å². The van der Waals surface area contributed by atoms with Crippen LogP contribution in [0.15, 0.2) is 33.8 Å². The minimum Gasteiger partial charge on any atom is -0.397 e. The molecule has 0 saturated carbocycles. The van der Waals surface area contributed by atoms with Crippen LogP contribution >= 0.6 is 27.7 Å². The zero-order valence-electron chi connectivity index (χ0n) is 10.6. The molecule has 3 rings (SSSR count). The monoisotopic (exact) mass is 338 g/mol. The molecule has 2 aromatic rings. The summed E-state index contributed by atoms with van der Waals surface area (Å²) in [6, 6.07) is 6.10. The van der Waals surface area contributed by atoms with E-state index in [1.54, 1.807) is 6.20 Å². The zero-order valence-corrected chi connectivity index (χ0v) is 13.0. The van der Waals surface area contributed by atoms with E-state index in [4.69, 9.17) is 10.5 Å². The molecule has 19 heavy (non-hydrogen) atoms. The summed E-state index contributed by atoms with van der Waals surface area (Å²) in [5, 5.41) is 1.57. The van der Waals surface area contributed by atoms with Gasteiger partial charge in [0, 0.05) is 26.6 Å². The van der Waals surface area contributed by atoms with Gasteiger partial charge >= 0.3 is 0 Å². The van der Waals surface area contributed by atoms with Crippen molar-refractivity contribution in [3.05, 3.63) is 28.9 Å². The Morgan fingerprint density at radius 1 is 1.47 bits per heavy atom. The number of hydrogen-bond acceptors (Lipinski definition) is 4. The topological polar surface area (TPSA) is 48.1 Å². The van der Waals surface area contributed by atoms with Crippen molar-refractivity contribution >= 4 is 44.3 Å². The SMILES string of the molecule is CC1OCCC1Sc1c(N)cnc2ccc(Br)cc12. The quantitative estimate of drug-likeness (QED) is 0.903. The van der Waals surface area contributed by atoms with Crippen molar-refractivity contribution in [1.82, 2.24) is 4.98 Å². The fourth-order valence-electron chi connectivity index (χ4n) is 2.31. The van der Waals surface area contributed by atoms with Crippen LogP contribution in [0.4, 0.5) is 5.69 Å². The number of benzene rings is 1. The van der Waals surface area contributed by atoms with Crippen LogP contribution in [0.1, 0.15) is 13.3 Å². The molecule has 0 aliphatic carbocycles. The van der Waals surface area contributed by atoms with Crippen molar-refractivity contribution in [1.29, 1.82) is 0 Å². The number of aromatic nitrogens is 1. The average Bonchev–Trinajstić information content (AvgIpc) is 2.79. The smallest absolute Gasteiger partial charge is 0.0715 e. The number of pyridine rings is 1. The van der Waals surface area contributed by atoms with Gasteiger partial charge in [0.2, 0.25) is 0 Å². The Hall–Kier alpha value is -0.780. The Morgan fingerprint density at radius 3 is 3.05 bits per heavy atom. The molecule has 5 heteroatoms. The third kappa shape index (κ3) is 2.59. The van der Waals surface area contributed by atoms with E-state index in [1.165, 1.54) is 0 Å². The van der Waals surface area contributed by atoms with Gasteiger partial charge in [0.25, 0.3) is 0 Å². The minimum atomic E-state index is 0.278. The summed E-state index contributed by atoms with van der Waals surface area (Å²) in [7, 11) is 0. The molecule has 1 aromatic heterocycles. The van der Waals surface area contributed by atoms with Crippen LogP contribution in [0, 0.1) is 0 Å². The maximum atomic E-state index is 6.12. The molecule has 2 N–H and O–H groups in total. The third-order valence-electron chi connectivity index (χ3n) is 3.38. The predicted octanol–water partition coefficient (Wildman–Crippen LogP) is 3.85. The number of nitrogens with two attached hydrogens (primary N) is 1. The van der Waals surface area contributed by atoms with Gasteiger partial charge in [-0.05, 0) is 31.5 Å². The molecule has 0 radical (unpaired) electrons. The Bertz CT molecular complexity index is 614. The fraction of sp³-hybridized carbons (Fsp3) is 0.357. The zero-order chi connectivity index (χ0) is 13.4. The van der Waals surface area contributed by atoms with Crippen molar-refractivity contribution in [3.8, 4) is 0 Å². The van der Waals surface area contributed by atoms with Gasteiger partial charge in [-0.1, -0.05) is 15.9 Å². The van der Waals surface area contributed by atoms with Gasteiger partial charge in [-0.2, -0.15) is 0 Å². The number of rotatable bonds is 2. The number of fused-ring (bicyclic) bond motifs is 1. The molecule has 1 aliphatic rings. The number of hydrogen-bond donors (Lipinski definition) is 1. The molecule has 2 unspecified atom stereocenters. The minimum absolute atomic E-state index is 0.278. The maximum Gasteiger partial charge on any atom is 0.0715 e. The van der Waals surface area contributed by atoms with Crippen molar-refractivity contribution in [2.45, 2.75) is 29.6 Å². The van der Waals surface area contributed by atoms with E-state index in [1.807, 2.05) is 23.9 Å². The molecule has 0 spiro atoms. The van der Waals surface area contributed by atoms with Crippen molar-refractivity contribution in [2.24, 2.45) is 0 Å². The number of nitrogen functional groups attached to an aromatic ring is 1. The highest BCUT2D eigenvalue weighted by atomic mass is 79.9. The highest BCUT2D eigenvalue weighted by molar-refractivity contribution is 9.10. The predicted molar refractivity (Wildman–Crippen MR) is 83.5 cm³/mol. The number of ether oxygens (including phenoxy) is 1. The van der Waals surface area contributed by atoms with Gasteiger partial charge in [0.15, 0.2) is 0 Å². The summed E-state index contributed by atoms with van der Waals surface area (Å²) in [5.41, 5.74) is 7.84. The average molecular weight is 339 g/mol. The van der Waals surface area contributed by atoms with Crippen molar-refractivity contribution in [3.63, 3.8) is 0 Å². The van der Waals surface area contributed by atoms with Crippen LogP contribution in [0.2, 0.25) is 0 Å². The molecular weight excluding hydrogens is 324 g/mol. The number of nitrogens with zero attached hydrogens (tertiary/aromatic N) is 1. The van der Waals surface area contributed by atoms with E-state index in [-0.39, 0.29) is 6.10 Å². The van der Waals surface area contributed by atoms with Gasteiger partial charge in [-0.25, -0.2) is 0 Å². The normalized spacial score (nSPS) is 23.1. The van der Waals surface area contributed by atoms with E-state index in [2.05, 4.69) is 33.9 Å². The standard InChI is InChI=1S/C14H15BrN2OS/c1-8-13(4-5-18-8)19-14-10-6-9(15)2-3-12(10)17-7-11(14)16/h2-3,6-8,13H,4-5,16H2,1H3. The fourth-order valence-corrected chi connectivity index (χ4v) is 3.93. The van der Waals surface area contributed by atoms with E-state index in [0.717, 1.165) is 39.0 Å². The molecule has 1 fully saturated rings. The second-order valence-electron chi connectivity index (χ2n) is 4.73. The molecule has 100 valence electrons. The van der Waals surface area contributed by atoms with E-state index in [0.29, 0.717) is 5.25 Å². The van der Waals surface area contributed by atoms with Gasteiger partial charge in [0.05, 0.1) is 23.5 Å². The molecule has 2 atom stereocenters. The Kier molecular flexibility index (Phi) is 3.69. The van der Waals surface area contributed by atoms with Crippen LogP contribution in [-0.4, -0.2) is 22.9 Å². The summed E-state index contributed by atoms with van der Waals surface area (Å²) < 4.78 is 6.67. The summed E-state index contributed by atoms with van der Waals surface area (Å²) >= 11 is 5.33.